The van der Waals surface area contributed by atoms with E-state index in [1.807, 2.05) is 14.0 Å². The summed E-state index contributed by atoms with van der Waals surface area (Å²) in [4.78, 5) is 25.6. The molecule has 0 aliphatic carbocycles. The van der Waals surface area contributed by atoms with Gasteiger partial charge in [-0.05, 0) is 25.1 Å². The molecule has 0 fully saturated rings. The zero-order valence-corrected chi connectivity index (χ0v) is 15.0. The lowest BCUT2D eigenvalue weighted by Crippen LogP contribution is -2.38. The largest absolute Gasteiger partial charge is 0.343 e. The van der Waals surface area contributed by atoms with E-state index in [2.05, 4.69) is 15.5 Å². The fraction of sp³-hybridized carbons (Fsp3) is 0.333. The molecule has 2 amide bonds. The summed E-state index contributed by atoms with van der Waals surface area (Å²) in [6, 6.07) is 4.53. The maximum atomic E-state index is 12.1. The van der Waals surface area contributed by atoms with Gasteiger partial charge in [0, 0.05) is 19.7 Å². The Bertz CT molecular complexity index is 775. The third-order valence-corrected chi connectivity index (χ3v) is 4.31. The third kappa shape index (κ3) is 4.24. The van der Waals surface area contributed by atoms with Crippen LogP contribution in [0.1, 0.15) is 22.0 Å². The number of aromatic nitrogens is 3. The van der Waals surface area contributed by atoms with Crippen LogP contribution in [0.3, 0.4) is 0 Å². The molecular formula is C15H17Cl2N5O2. The van der Waals surface area contributed by atoms with Crippen molar-refractivity contribution in [2.45, 2.75) is 13.5 Å². The first kappa shape index (κ1) is 18.2. The van der Waals surface area contributed by atoms with E-state index in [-0.39, 0.29) is 17.5 Å². The third-order valence-electron chi connectivity index (χ3n) is 3.57. The molecule has 0 aliphatic heterocycles. The fourth-order valence-electron chi connectivity index (χ4n) is 1.92. The summed E-state index contributed by atoms with van der Waals surface area (Å²) >= 11 is 11.7. The second-order valence-electron chi connectivity index (χ2n) is 5.28. The fourth-order valence-corrected chi connectivity index (χ4v) is 2.22. The molecule has 1 heterocycles. The molecular weight excluding hydrogens is 353 g/mol. The van der Waals surface area contributed by atoms with E-state index in [9.17, 15) is 9.59 Å². The first-order chi connectivity index (χ1) is 11.3. The first-order valence-electron chi connectivity index (χ1n) is 7.11. The topological polar surface area (TPSA) is 80.1 Å². The molecule has 2 aromatic rings. The second kappa shape index (κ2) is 7.63. The molecule has 1 aromatic heterocycles. The van der Waals surface area contributed by atoms with Crippen LogP contribution < -0.4 is 5.32 Å². The average Bonchev–Trinajstić information content (AvgIpc) is 2.86. The monoisotopic (exact) mass is 369 g/mol. The van der Waals surface area contributed by atoms with Crippen LogP contribution in [0.5, 0.6) is 0 Å². The molecule has 0 radical (unpaired) electrons. The van der Waals surface area contributed by atoms with Gasteiger partial charge in [0.2, 0.25) is 5.91 Å². The molecule has 24 heavy (non-hydrogen) atoms. The molecule has 0 saturated carbocycles. The van der Waals surface area contributed by atoms with Crippen molar-refractivity contribution < 1.29 is 9.59 Å². The number of nitrogens with one attached hydrogen (secondary N) is 1. The van der Waals surface area contributed by atoms with Crippen molar-refractivity contribution in [1.29, 1.82) is 0 Å². The highest BCUT2D eigenvalue weighted by atomic mass is 35.5. The minimum atomic E-state index is -0.398. The summed E-state index contributed by atoms with van der Waals surface area (Å²) in [7, 11) is 3.46. The maximum Gasteiger partial charge on any atom is 0.251 e. The summed E-state index contributed by atoms with van der Waals surface area (Å²) in [5, 5.41) is 11.1. The predicted octanol–water partition coefficient (Wildman–Crippen LogP) is 1.82. The van der Waals surface area contributed by atoms with Gasteiger partial charge >= 0.3 is 0 Å². The van der Waals surface area contributed by atoms with Gasteiger partial charge < -0.3 is 14.8 Å². The van der Waals surface area contributed by atoms with Gasteiger partial charge in [-0.1, -0.05) is 23.2 Å². The van der Waals surface area contributed by atoms with Gasteiger partial charge in [0.1, 0.15) is 5.82 Å². The predicted molar refractivity (Wildman–Crippen MR) is 91.0 cm³/mol. The lowest BCUT2D eigenvalue weighted by atomic mass is 10.2. The van der Waals surface area contributed by atoms with Crippen molar-refractivity contribution in [2.24, 2.45) is 7.05 Å². The van der Waals surface area contributed by atoms with Gasteiger partial charge in [0.25, 0.3) is 5.91 Å². The van der Waals surface area contributed by atoms with E-state index in [0.29, 0.717) is 23.0 Å². The molecule has 1 aromatic carbocycles. The summed E-state index contributed by atoms with van der Waals surface area (Å²) < 4.78 is 1.80. The first-order valence-corrected chi connectivity index (χ1v) is 7.87. The van der Waals surface area contributed by atoms with Crippen molar-refractivity contribution in [3.8, 4) is 0 Å². The van der Waals surface area contributed by atoms with E-state index >= 15 is 0 Å². The molecule has 1 N–H and O–H groups in total. The van der Waals surface area contributed by atoms with Crippen molar-refractivity contribution in [1.82, 2.24) is 25.0 Å². The number of amides is 2. The zero-order valence-electron chi connectivity index (χ0n) is 13.5. The SMILES string of the molecule is Cc1nnc(CN(C)C(=O)CNC(=O)c2ccc(Cl)c(Cl)c2)n1C. The minimum Gasteiger partial charge on any atom is -0.343 e. The van der Waals surface area contributed by atoms with Crippen molar-refractivity contribution in [3.63, 3.8) is 0 Å². The number of likely N-dealkylation sites (N-methyl/N-ethyl adjacent to an activating group) is 1. The molecule has 0 spiro atoms. The van der Waals surface area contributed by atoms with Crippen molar-refractivity contribution >= 4 is 35.0 Å². The van der Waals surface area contributed by atoms with Gasteiger partial charge in [0.15, 0.2) is 5.82 Å². The molecule has 0 saturated heterocycles. The van der Waals surface area contributed by atoms with Crippen LogP contribution >= 0.6 is 23.2 Å². The summed E-state index contributed by atoms with van der Waals surface area (Å²) in [6.45, 7) is 2.00. The van der Waals surface area contributed by atoms with Gasteiger partial charge in [-0.15, -0.1) is 10.2 Å². The quantitative estimate of drug-likeness (QED) is 0.871. The molecule has 0 atom stereocenters. The average molecular weight is 370 g/mol. The van der Waals surface area contributed by atoms with Crippen LogP contribution in [-0.2, 0) is 18.4 Å². The van der Waals surface area contributed by atoms with Crippen LogP contribution in [0.25, 0.3) is 0 Å². The van der Waals surface area contributed by atoms with Crippen molar-refractivity contribution in [3.05, 3.63) is 45.5 Å². The highest BCUT2D eigenvalue weighted by Gasteiger charge is 2.15. The lowest BCUT2D eigenvalue weighted by Gasteiger charge is -2.17. The van der Waals surface area contributed by atoms with Crippen LogP contribution in [0.4, 0.5) is 0 Å². The van der Waals surface area contributed by atoms with Gasteiger partial charge in [0.05, 0.1) is 23.1 Å². The van der Waals surface area contributed by atoms with Crippen molar-refractivity contribution in [2.75, 3.05) is 13.6 Å². The Labute approximate surface area is 149 Å². The van der Waals surface area contributed by atoms with Crippen LogP contribution in [0.15, 0.2) is 18.2 Å². The highest BCUT2D eigenvalue weighted by molar-refractivity contribution is 6.42. The second-order valence-corrected chi connectivity index (χ2v) is 6.10. The molecule has 2 rings (SSSR count). The molecule has 0 unspecified atom stereocenters. The van der Waals surface area contributed by atoms with Crippen LogP contribution in [-0.4, -0.2) is 45.1 Å². The van der Waals surface area contributed by atoms with Crippen LogP contribution in [0.2, 0.25) is 10.0 Å². The van der Waals surface area contributed by atoms with E-state index in [4.69, 9.17) is 23.2 Å². The number of halogens is 2. The summed E-state index contributed by atoms with van der Waals surface area (Å²) in [5.74, 6) is 0.784. The zero-order chi connectivity index (χ0) is 17.9. The number of carbonyl (C=O) groups excluding carboxylic acids is 2. The number of carbonyl (C=O) groups is 2. The van der Waals surface area contributed by atoms with E-state index in [1.54, 1.807) is 17.7 Å². The van der Waals surface area contributed by atoms with E-state index in [1.165, 1.54) is 17.0 Å². The minimum absolute atomic E-state index is 0.133. The Hall–Kier alpha value is -2.12. The molecule has 7 nitrogen and oxygen atoms in total. The number of aryl methyl sites for hydroxylation is 1. The maximum absolute atomic E-state index is 12.1. The highest BCUT2D eigenvalue weighted by Crippen LogP contribution is 2.22. The Balaban J connectivity index is 1.90. The Morgan fingerprint density at radius 1 is 1.25 bits per heavy atom. The standard InChI is InChI=1S/C15H17Cl2N5O2/c1-9-19-20-13(22(9)3)8-21(2)14(23)7-18-15(24)10-4-5-11(16)12(17)6-10/h4-6H,7-8H2,1-3H3,(H,18,24). The Morgan fingerprint density at radius 3 is 2.54 bits per heavy atom. The Kier molecular flexibility index (Phi) is 5.80. The number of rotatable bonds is 5. The normalized spacial score (nSPS) is 10.5. The molecule has 0 aliphatic rings. The Morgan fingerprint density at radius 2 is 1.96 bits per heavy atom. The van der Waals surface area contributed by atoms with E-state index < -0.39 is 5.91 Å². The van der Waals surface area contributed by atoms with Gasteiger partial charge in [-0.25, -0.2) is 0 Å². The van der Waals surface area contributed by atoms with Gasteiger partial charge in [-0.3, -0.25) is 9.59 Å². The van der Waals surface area contributed by atoms with Gasteiger partial charge in [-0.2, -0.15) is 0 Å². The lowest BCUT2D eigenvalue weighted by molar-refractivity contribution is -0.129. The molecule has 128 valence electrons. The number of benzene rings is 1. The molecule has 0 bridgehead atoms. The smallest absolute Gasteiger partial charge is 0.251 e. The number of hydrogen-bond acceptors (Lipinski definition) is 4. The molecule has 9 heteroatoms. The summed E-state index contributed by atoms with van der Waals surface area (Å²) in [6.07, 6.45) is 0. The number of hydrogen-bond donors (Lipinski definition) is 1. The van der Waals surface area contributed by atoms with Crippen LogP contribution in [0, 0.1) is 6.92 Å². The summed E-state index contributed by atoms with van der Waals surface area (Å²) in [5.41, 5.74) is 0.337. The van der Waals surface area contributed by atoms with E-state index in [0.717, 1.165) is 5.82 Å². The number of nitrogens with zero attached hydrogens (tertiary/aromatic N) is 4.